The fraction of sp³-hybridized carbons (Fsp3) is 0.550. The minimum Gasteiger partial charge on any atom is -0.479 e. The SMILES string of the molecule is CC1CN(C(=O)c2ccc(CNC(=O)[C@@H]3CC[C@H](C(=O)O)O3)cc2)CC(C)O1. The number of carbonyl (C=O) groups excluding carboxylic acids is 2. The zero-order chi connectivity index (χ0) is 20.3. The smallest absolute Gasteiger partial charge is 0.332 e. The summed E-state index contributed by atoms with van der Waals surface area (Å²) in [6.07, 6.45) is -0.879. The van der Waals surface area contributed by atoms with Gasteiger partial charge < -0.3 is 24.8 Å². The largest absolute Gasteiger partial charge is 0.479 e. The van der Waals surface area contributed by atoms with Crippen molar-refractivity contribution in [3.05, 3.63) is 35.4 Å². The summed E-state index contributed by atoms with van der Waals surface area (Å²) in [5, 5.41) is 11.7. The Kier molecular flexibility index (Phi) is 6.31. The van der Waals surface area contributed by atoms with Crippen LogP contribution in [0, 0.1) is 0 Å². The minimum atomic E-state index is -1.04. The second-order valence-corrected chi connectivity index (χ2v) is 7.41. The van der Waals surface area contributed by atoms with Gasteiger partial charge in [0.1, 0.15) is 6.10 Å². The van der Waals surface area contributed by atoms with Gasteiger partial charge in [0.25, 0.3) is 5.91 Å². The van der Waals surface area contributed by atoms with E-state index < -0.39 is 18.2 Å². The Morgan fingerprint density at radius 2 is 1.64 bits per heavy atom. The van der Waals surface area contributed by atoms with Crippen molar-refractivity contribution < 1.29 is 29.0 Å². The predicted octanol–water partition coefficient (Wildman–Crippen LogP) is 1.18. The van der Waals surface area contributed by atoms with Crippen LogP contribution in [0.5, 0.6) is 0 Å². The van der Waals surface area contributed by atoms with Crippen LogP contribution in [-0.2, 0) is 25.6 Å². The molecule has 2 fully saturated rings. The van der Waals surface area contributed by atoms with Crippen LogP contribution in [-0.4, -0.2) is 65.3 Å². The summed E-state index contributed by atoms with van der Waals surface area (Å²) in [5.41, 5.74) is 1.45. The molecule has 0 saturated carbocycles. The topological polar surface area (TPSA) is 105 Å². The number of amides is 2. The number of rotatable bonds is 5. The molecule has 3 rings (SSSR count). The number of hydrogen-bond acceptors (Lipinski definition) is 5. The number of morpholine rings is 1. The van der Waals surface area contributed by atoms with Crippen molar-refractivity contribution in [1.29, 1.82) is 0 Å². The second-order valence-electron chi connectivity index (χ2n) is 7.41. The van der Waals surface area contributed by atoms with Gasteiger partial charge in [0.2, 0.25) is 5.91 Å². The first kappa shape index (κ1) is 20.3. The number of aliphatic carboxylic acids is 1. The Labute approximate surface area is 163 Å². The maximum Gasteiger partial charge on any atom is 0.332 e. The van der Waals surface area contributed by atoms with E-state index in [0.717, 1.165) is 5.56 Å². The summed E-state index contributed by atoms with van der Waals surface area (Å²) < 4.78 is 10.9. The molecule has 2 heterocycles. The van der Waals surface area contributed by atoms with E-state index in [1.54, 1.807) is 29.2 Å². The molecule has 2 aliphatic rings. The average Bonchev–Trinajstić information content (AvgIpc) is 3.16. The van der Waals surface area contributed by atoms with E-state index in [9.17, 15) is 14.4 Å². The third-order valence-corrected chi connectivity index (χ3v) is 4.96. The maximum absolute atomic E-state index is 12.7. The first-order valence-corrected chi connectivity index (χ1v) is 9.53. The molecule has 2 saturated heterocycles. The molecular weight excluding hydrogens is 364 g/mol. The summed E-state index contributed by atoms with van der Waals surface area (Å²) in [4.78, 5) is 37.5. The highest BCUT2D eigenvalue weighted by molar-refractivity contribution is 5.94. The zero-order valence-electron chi connectivity index (χ0n) is 16.1. The van der Waals surface area contributed by atoms with Crippen molar-refractivity contribution in [1.82, 2.24) is 10.2 Å². The molecule has 2 aliphatic heterocycles. The third-order valence-electron chi connectivity index (χ3n) is 4.96. The first-order valence-electron chi connectivity index (χ1n) is 9.53. The lowest BCUT2D eigenvalue weighted by Gasteiger charge is -2.35. The Morgan fingerprint density at radius 3 is 2.21 bits per heavy atom. The van der Waals surface area contributed by atoms with Gasteiger partial charge in [-0.2, -0.15) is 0 Å². The molecule has 28 heavy (non-hydrogen) atoms. The minimum absolute atomic E-state index is 0.0146. The molecule has 8 heteroatoms. The fourth-order valence-electron chi connectivity index (χ4n) is 3.61. The van der Waals surface area contributed by atoms with E-state index in [0.29, 0.717) is 31.5 Å². The molecule has 2 N–H and O–H groups in total. The van der Waals surface area contributed by atoms with Gasteiger partial charge in [0.05, 0.1) is 12.2 Å². The van der Waals surface area contributed by atoms with Gasteiger partial charge in [-0.15, -0.1) is 0 Å². The molecule has 0 bridgehead atoms. The fourth-order valence-corrected chi connectivity index (χ4v) is 3.61. The normalized spacial score (nSPS) is 27.4. The first-order chi connectivity index (χ1) is 13.3. The van der Waals surface area contributed by atoms with E-state index in [4.69, 9.17) is 14.6 Å². The second kappa shape index (κ2) is 8.70. The number of carbonyl (C=O) groups is 3. The van der Waals surface area contributed by atoms with Crippen LogP contribution in [0.4, 0.5) is 0 Å². The van der Waals surface area contributed by atoms with E-state index in [2.05, 4.69) is 5.32 Å². The molecule has 0 radical (unpaired) electrons. The van der Waals surface area contributed by atoms with E-state index >= 15 is 0 Å². The third kappa shape index (κ3) is 4.88. The van der Waals surface area contributed by atoms with Crippen molar-refractivity contribution in [2.24, 2.45) is 0 Å². The van der Waals surface area contributed by atoms with Crippen molar-refractivity contribution in [3.63, 3.8) is 0 Å². The van der Waals surface area contributed by atoms with Gasteiger partial charge in [-0.25, -0.2) is 4.79 Å². The van der Waals surface area contributed by atoms with Crippen LogP contribution in [0.25, 0.3) is 0 Å². The maximum atomic E-state index is 12.7. The Bertz CT molecular complexity index is 725. The van der Waals surface area contributed by atoms with Gasteiger partial charge in [0.15, 0.2) is 6.10 Å². The van der Waals surface area contributed by atoms with Crippen molar-refractivity contribution in [3.8, 4) is 0 Å². The quantitative estimate of drug-likeness (QED) is 0.782. The van der Waals surface area contributed by atoms with Gasteiger partial charge in [-0.3, -0.25) is 9.59 Å². The van der Waals surface area contributed by atoms with Crippen molar-refractivity contribution in [2.45, 2.75) is 57.6 Å². The number of carboxylic acids is 1. The molecule has 4 atom stereocenters. The van der Waals surface area contributed by atoms with Crippen LogP contribution < -0.4 is 5.32 Å². The molecule has 0 spiro atoms. The van der Waals surface area contributed by atoms with Crippen LogP contribution in [0.2, 0.25) is 0 Å². The number of nitrogens with one attached hydrogen (secondary N) is 1. The predicted molar refractivity (Wildman–Crippen MR) is 99.7 cm³/mol. The van der Waals surface area contributed by atoms with Crippen LogP contribution >= 0.6 is 0 Å². The number of carboxylic acid groups (broad SMARTS) is 1. The van der Waals surface area contributed by atoms with Gasteiger partial charge in [-0.05, 0) is 44.4 Å². The standard InChI is InChI=1S/C20H26N2O6/c1-12-10-22(11-13(2)27-12)19(24)15-5-3-14(4-6-15)9-21-18(23)16-7-8-17(28-16)20(25)26/h3-6,12-13,16-17H,7-11H2,1-2H3,(H,21,23)(H,25,26)/t12?,13?,16-,17+/m0/s1. The molecule has 1 aromatic carbocycles. The highest BCUT2D eigenvalue weighted by Crippen LogP contribution is 2.20. The van der Waals surface area contributed by atoms with E-state index in [1.165, 1.54) is 0 Å². The van der Waals surface area contributed by atoms with Gasteiger partial charge >= 0.3 is 5.97 Å². The summed E-state index contributed by atoms with van der Waals surface area (Å²) in [5.74, 6) is -1.39. The van der Waals surface area contributed by atoms with Crippen molar-refractivity contribution in [2.75, 3.05) is 13.1 Å². The van der Waals surface area contributed by atoms with E-state index in [-0.39, 0.29) is 30.6 Å². The lowest BCUT2D eigenvalue weighted by Crippen LogP contribution is -2.48. The molecule has 2 amide bonds. The lowest BCUT2D eigenvalue weighted by atomic mass is 10.1. The van der Waals surface area contributed by atoms with Crippen LogP contribution in [0.1, 0.15) is 42.6 Å². The molecule has 1 aromatic rings. The Morgan fingerprint density at radius 1 is 1.04 bits per heavy atom. The number of ether oxygens (including phenoxy) is 2. The molecular formula is C20H26N2O6. The number of benzene rings is 1. The Hall–Kier alpha value is -2.45. The van der Waals surface area contributed by atoms with Gasteiger partial charge in [0, 0.05) is 25.2 Å². The van der Waals surface area contributed by atoms with Crippen molar-refractivity contribution >= 4 is 17.8 Å². The summed E-state index contributed by atoms with van der Waals surface area (Å²) in [6, 6.07) is 7.11. The summed E-state index contributed by atoms with van der Waals surface area (Å²) >= 11 is 0. The molecule has 8 nitrogen and oxygen atoms in total. The monoisotopic (exact) mass is 390 g/mol. The molecule has 2 unspecified atom stereocenters. The molecule has 0 aromatic heterocycles. The Balaban J connectivity index is 1.51. The highest BCUT2D eigenvalue weighted by atomic mass is 16.5. The van der Waals surface area contributed by atoms with Crippen LogP contribution in [0.15, 0.2) is 24.3 Å². The number of nitrogens with zero attached hydrogens (tertiary/aromatic N) is 1. The zero-order valence-corrected chi connectivity index (χ0v) is 16.1. The lowest BCUT2D eigenvalue weighted by molar-refractivity contribution is -0.151. The van der Waals surface area contributed by atoms with E-state index in [1.807, 2.05) is 13.8 Å². The molecule has 0 aliphatic carbocycles. The van der Waals surface area contributed by atoms with Crippen LogP contribution in [0.3, 0.4) is 0 Å². The summed E-state index contributed by atoms with van der Waals surface area (Å²) in [7, 11) is 0. The average molecular weight is 390 g/mol. The molecule has 152 valence electrons. The number of hydrogen-bond donors (Lipinski definition) is 2. The van der Waals surface area contributed by atoms with Gasteiger partial charge in [-0.1, -0.05) is 12.1 Å². The summed E-state index contributed by atoms with van der Waals surface area (Å²) in [6.45, 7) is 5.33. The highest BCUT2D eigenvalue weighted by Gasteiger charge is 2.34.